The first kappa shape index (κ1) is 17.7. The molecule has 0 radical (unpaired) electrons. The summed E-state index contributed by atoms with van der Waals surface area (Å²) >= 11 is 0. The Morgan fingerprint density at radius 2 is 1.64 bits per heavy atom. The van der Waals surface area contributed by atoms with Gasteiger partial charge in [-0.3, -0.25) is 9.69 Å². The van der Waals surface area contributed by atoms with Crippen LogP contribution in [0.4, 0.5) is 0 Å². The molecule has 0 aromatic carbocycles. The summed E-state index contributed by atoms with van der Waals surface area (Å²) < 4.78 is 25.5. The van der Waals surface area contributed by atoms with Crippen molar-refractivity contribution in [3.63, 3.8) is 0 Å². The van der Waals surface area contributed by atoms with Crippen LogP contribution >= 0.6 is 0 Å². The molecule has 2 saturated heterocycles. The Morgan fingerprint density at radius 3 is 2.27 bits per heavy atom. The van der Waals surface area contributed by atoms with Crippen LogP contribution in [-0.2, 0) is 14.8 Å². The second kappa shape index (κ2) is 7.75. The van der Waals surface area contributed by atoms with Crippen LogP contribution in [0.5, 0.6) is 0 Å². The third kappa shape index (κ3) is 4.20. The molecule has 0 aromatic rings. The molecule has 0 aliphatic carbocycles. The minimum atomic E-state index is -3.15. The standard InChI is InChI=1S/C15H29N3O3S/c1-3-22(20,21)18-11-7-10-17(12-13-18)15(19)14(2)16-8-5-4-6-9-16/h14H,3-13H2,1-2H3. The summed E-state index contributed by atoms with van der Waals surface area (Å²) in [6, 6.07) is -0.0883. The van der Waals surface area contributed by atoms with E-state index in [0.29, 0.717) is 26.2 Å². The lowest BCUT2D eigenvalue weighted by Gasteiger charge is -2.34. The normalized spacial score (nSPS) is 24.0. The summed E-state index contributed by atoms with van der Waals surface area (Å²) in [5, 5.41) is 0. The molecule has 2 aliphatic rings. The number of hydrogen-bond donors (Lipinski definition) is 0. The molecule has 22 heavy (non-hydrogen) atoms. The van der Waals surface area contributed by atoms with E-state index in [4.69, 9.17) is 0 Å². The van der Waals surface area contributed by atoms with E-state index in [2.05, 4.69) is 4.90 Å². The number of hydrogen-bond acceptors (Lipinski definition) is 4. The van der Waals surface area contributed by atoms with Gasteiger partial charge in [-0.1, -0.05) is 6.42 Å². The zero-order valence-electron chi connectivity index (χ0n) is 13.8. The molecule has 1 amide bonds. The molecule has 6 nitrogen and oxygen atoms in total. The molecule has 2 heterocycles. The van der Waals surface area contributed by atoms with Crippen LogP contribution in [-0.4, -0.2) is 79.5 Å². The van der Waals surface area contributed by atoms with E-state index in [1.807, 2.05) is 11.8 Å². The van der Waals surface area contributed by atoms with Gasteiger partial charge in [0.25, 0.3) is 0 Å². The third-order valence-corrected chi connectivity index (χ3v) is 6.70. The van der Waals surface area contributed by atoms with E-state index in [0.717, 1.165) is 19.5 Å². The fraction of sp³-hybridized carbons (Fsp3) is 0.933. The zero-order chi connectivity index (χ0) is 16.2. The van der Waals surface area contributed by atoms with Gasteiger partial charge in [-0.15, -0.1) is 0 Å². The first-order valence-corrected chi connectivity index (χ1v) is 10.1. The van der Waals surface area contributed by atoms with Gasteiger partial charge in [0.15, 0.2) is 0 Å². The van der Waals surface area contributed by atoms with Crippen molar-refractivity contribution < 1.29 is 13.2 Å². The molecular formula is C15H29N3O3S. The summed E-state index contributed by atoms with van der Waals surface area (Å²) in [7, 11) is -3.15. The van der Waals surface area contributed by atoms with Gasteiger partial charge >= 0.3 is 0 Å². The highest BCUT2D eigenvalue weighted by Crippen LogP contribution is 2.15. The van der Waals surface area contributed by atoms with Crippen LogP contribution in [0.3, 0.4) is 0 Å². The molecule has 2 aliphatic heterocycles. The van der Waals surface area contributed by atoms with Gasteiger partial charge in [0, 0.05) is 26.2 Å². The van der Waals surface area contributed by atoms with Crippen LogP contribution in [0.15, 0.2) is 0 Å². The SMILES string of the molecule is CCS(=O)(=O)N1CCCN(C(=O)C(C)N2CCCCC2)CC1. The molecule has 2 fully saturated rings. The quantitative estimate of drug-likeness (QED) is 0.762. The molecule has 7 heteroatoms. The van der Waals surface area contributed by atoms with Crippen LogP contribution in [0.1, 0.15) is 39.5 Å². The Labute approximate surface area is 134 Å². The van der Waals surface area contributed by atoms with Crippen molar-refractivity contribution in [2.45, 2.75) is 45.6 Å². The number of piperidine rings is 1. The van der Waals surface area contributed by atoms with Crippen LogP contribution in [0.25, 0.3) is 0 Å². The van der Waals surface area contributed by atoms with Gasteiger partial charge in [0.1, 0.15) is 0 Å². The Hall–Kier alpha value is -0.660. The fourth-order valence-electron chi connectivity index (χ4n) is 3.30. The highest BCUT2D eigenvalue weighted by molar-refractivity contribution is 7.89. The molecule has 0 spiro atoms. The summed E-state index contributed by atoms with van der Waals surface area (Å²) in [6.45, 7) is 7.77. The number of rotatable bonds is 4. The molecule has 2 rings (SSSR count). The average molecular weight is 331 g/mol. The van der Waals surface area contributed by atoms with E-state index in [9.17, 15) is 13.2 Å². The van der Waals surface area contributed by atoms with Crippen LogP contribution < -0.4 is 0 Å². The molecule has 1 atom stereocenters. The van der Waals surface area contributed by atoms with Gasteiger partial charge in [0.2, 0.25) is 15.9 Å². The summed E-state index contributed by atoms with van der Waals surface area (Å²) in [5.41, 5.74) is 0. The van der Waals surface area contributed by atoms with Crippen molar-refractivity contribution in [1.82, 2.24) is 14.1 Å². The van der Waals surface area contributed by atoms with Crippen LogP contribution in [0.2, 0.25) is 0 Å². The van der Waals surface area contributed by atoms with Gasteiger partial charge in [-0.25, -0.2) is 12.7 Å². The Bertz CT molecular complexity index is 474. The van der Waals surface area contributed by atoms with E-state index >= 15 is 0 Å². The molecule has 0 saturated carbocycles. The maximum Gasteiger partial charge on any atom is 0.239 e. The van der Waals surface area contributed by atoms with E-state index in [-0.39, 0.29) is 17.7 Å². The lowest BCUT2D eigenvalue weighted by molar-refractivity contribution is -0.136. The summed E-state index contributed by atoms with van der Waals surface area (Å²) in [4.78, 5) is 16.8. The van der Waals surface area contributed by atoms with E-state index in [1.165, 1.54) is 23.6 Å². The predicted molar refractivity (Wildman–Crippen MR) is 87.1 cm³/mol. The molecule has 128 valence electrons. The summed E-state index contributed by atoms with van der Waals surface area (Å²) in [6.07, 6.45) is 4.31. The van der Waals surface area contributed by atoms with Crippen molar-refractivity contribution >= 4 is 15.9 Å². The van der Waals surface area contributed by atoms with Crippen LogP contribution in [0, 0.1) is 0 Å². The smallest absolute Gasteiger partial charge is 0.239 e. The predicted octanol–water partition coefficient (Wildman–Crippen LogP) is 0.745. The zero-order valence-corrected chi connectivity index (χ0v) is 14.6. The Balaban J connectivity index is 1.93. The molecule has 0 bridgehead atoms. The lowest BCUT2D eigenvalue weighted by atomic mass is 10.1. The first-order valence-electron chi connectivity index (χ1n) is 8.46. The molecule has 0 aromatic heterocycles. The second-order valence-corrected chi connectivity index (χ2v) is 8.51. The number of nitrogens with zero attached hydrogens (tertiary/aromatic N) is 3. The molecule has 0 N–H and O–H groups in total. The second-order valence-electron chi connectivity index (χ2n) is 6.25. The van der Waals surface area contributed by atoms with Crippen molar-refractivity contribution in [3.8, 4) is 0 Å². The largest absolute Gasteiger partial charge is 0.340 e. The number of carbonyl (C=O) groups is 1. The summed E-state index contributed by atoms with van der Waals surface area (Å²) in [5.74, 6) is 0.281. The monoisotopic (exact) mass is 331 g/mol. The number of amides is 1. The lowest BCUT2D eigenvalue weighted by Crippen LogP contribution is -2.49. The highest BCUT2D eigenvalue weighted by Gasteiger charge is 2.30. The van der Waals surface area contributed by atoms with Crippen molar-refractivity contribution in [2.75, 3.05) is 45.0 Å². The van der Waals surface area contributed by atoms with E-state index in [1.54, 1.807) is 6.92 Å². The number of carbonyl (C=O) groups excluding carboxylic acids is 1. The Kier molecular flexibility index (Phi) is 6.23. The Morgan fingerprint density at radius 1 is 0.955 bits per heavy atom. The average Bonchev–Trinajstić information content (AvgIpc) is 2.81. The van der Waals surface area contributed by atoms with Crippen molar-refractivity contribution in [1.29, 1.82) is 0 Å². The highest BCUT2D eigenvalue weighted by atomic mass is 32.2. The van der Waals surface area contributed by atoms with Gasteiger partial charge in [-0.05, 0) is 46.2 Å². The maximum atomic E-state index is 12.7. The third-order valence-electron chi connectivity index (χ3n) is 4.82. The number of likely N-dealkylation sites (tertiary alicyclic amines) is 1. The minimum Gasteiger partial charge on any atom is -0.340 e. The maximum absolute atomic E-state index is 12.7. The molecule has 1 unspecified atom stereocenters. The molecular weight excluding hydrogens is 302 g/mol. The van der Waals surface area contributed by atoms with Gasteiger partial charge in [0.05, 0.1) is 11.8 Å². The minimum absolute atomic E-state index is 0.0883. The van der Waals surface area contributed by atoms with Gasteiger partial charge < -0.3 is 4.90 Å². The van der Waals surface area contributed by atoms with Crippen molar-refractivity contribution in [3.05, 3.63) is 0 Å². The fourth-order valence-corrected chi connectivity index (χ4v) is 4.43. The topological polar surface area (TPSA) is 60.9 Å². The van der Waals surface area contributed by atoms with E-state index < -0.39 is 10.0 Å². The first-order chi connectivity index (χ1) is 10.5. The number of sulfonamides is 1. The van der Waals surface area contributed by atoms with Crippen molar-refractivity contribution in [2.24, 2.45) is 0 Å². The van der Waals surface area contributed by atoms with Gasteiger partial charge in [-0.2, -0.15) is 0 Å².